The first-order chi connectivity index (χ1) is 8.56. The van der Waals surface area contributed by atoms with E-state index in [2.05, 4.69) is 10.5 Å². The summed E-state index contributed by atoms with van der Waals surface area (Å²) >= 11 is 0. The number of hydrogen-bond donors (Lipinski definition) is 2. The van der Waals surface area contributed by atoms with Crippen LogP contribution in [0.2, 0.25) is 0 Å². The quantitative estimate of drug-likeness (QED) is 0.809. The van der Waals surface area contributed by atoms with Crippen LogP contribution in [0, 0.1) is 6.92 Å². The number of carboxylic acid groups (broad SMARTS) is 1. The number of likely N-dealkylation sites (tertiary alicyclic amines) is 1. The molecule has 1 aromatic rings. The monoisotopic (exact) mass is 253 g/mol. The Morgan fingerprint density at radius 3 is 3.06 bits per heavy atom. The highest BCUT2D eigenvalue weighted by molar-refractivity contribution is 5.91. The van der Waals surface area contributed by atoms with Gasteiger partial charge >= 0.3 is 5.97 Å². The van der Waals surface area contributed by atoms with Gasteiger partial charge in [0.25, 0.3) is 0 Å². The minimum Gasteiger partial charge on any atom is -0.480 e. The lowest BCUT2D eigenvalue weighted by Gasteiger charge is -2.19. The zero-order chi connectivity index (χ0) is 13.1. The van der Waals surface area contributed by atoms with Crippen LogP contribution < -0.4 is 5.32 Å². The van der Waals surface area contributed by atoms with Gasteiger partial charge in [0, 0.05) is 6.07 Å². The van der Waals surface area contributed by atoms with Crippen molar-refractivity contribution >= 4 is 17.8 Å². The summed E-state index contributed by atoms with van der Waals surface area (Å²) in [5, 5.41) is 15.2. The molecule has 98 valence electrons. The predicted octanol–water partition coefficient (Wildman–Crippen LogP) is 0.471. The fraction of sp³-hybridized carbons (Fsp3) is 0.545. The summed E-state index contributed by atoms with van der Waals surface area (Å²) in [6, 6.07) is 1.04. The van der Waals surface area contributed by atoms with Crippen LogP contribution in [0.3, 0.4) is 0 Å². The Morgan fingerprint density at radius 1 is 1.67 bits per heavy atom. The van der Waals surface area contributed by atoms with E-state index in [1.165, 1.54) is 0 Å². The Labute approximate surface area is 104 Å². The number of amides is 1. The van der Waals surface area contributed by atoms with Gasteiger partial charge in [0.2, 0.25) is 11.8 Å². The number of hydrogen-bond acceptors (Lipinski definition) is 5. The van der Waals surface area contributed by atoms with Crippen molar-refractivity contribution in [2.75, 3.05) is 18.4 Å². The molecule has 7 nitrogen and oxygen atoms in total. The first kappa shape index (κ1) is 12.6. The number of anilines is 1. The molecule has 1 amide bonds. The van der Waals surface area contributed by atoms with Crippen molar-refractivity contribution < 1.29 is 19.2 Å². The molecule has 1 unspecified atom stereocenters. The van der Waals surface area contributed by atoms with E-state index in [1.807, 2.05) is 0 Å². The second-order valence-electron chi connectivity index (χ2n) is 4.35. The molecule has 18 heavy (non-hydrogen) atoms. The number of carbonyl (C=O) groups excluding carboxylic acids is 1. The van der Waals surface area contributed by atoms with E-state index in [0.29, 0.717) is 18.7 Å². The second-order valence-corrected chi connectivity index (χ2v) is 4.35. The molecule has 0 radical (unpaired) electrons. The molecule has 7 heteroatoms. The molecule has 1 fully saturated rings. The van der Waals surface area contributed by atoms with Gasteiger partial charge in [0.05, 0.1) is 12.2 Å². The van der Waals surface area contributed by atoms with Crippen molar-refractivity contribution in [2.45, 2.75) is 25.8 Å². The molecule has 0 aromatic carbocycles. The molecule has 1 aliphatic rings. The topological polar surface area (TPSA) is 95.7 Å². The van der Waals surface area contributed by atoms with Crippen molar-refractivity contribution in [3.05, 3.63) is 11.8 Å². The minimum absolute atomic E-state index is 0.0523. The van der Waals surface area contributed by atoms with E-state index in [4.69, 9.17) is 9.63 Å². The van der Waals surface area contributed by atoms with Gasteiger partial charge in [-0.2, -0.15) is 0 Å². The molecule has 1 aliphatic heterocycles. The number of carboxylic acids is 1. The predicted molar refractivity (Wildman–Crippen MR) is 62.1 cm³/mol. The lowest BCUT2D eigenvalue weighted by Crippen LogP contribution is -2.40. The normalized spacial score (nSPS) is 19.9. The summed E-state index contributed by atoms with van der Waals surface area (Å²) < 4.78 is 4.86. The fourth-order valence-electron chi connectivity index (χ4n) is 2.08. The third kappa shape index (κ3) is 2.86. The summed E-state index contributed by atoms with van der Waals surface area (Å²) in [5.74, 6) is -0.890. The Kier molecular flexibility index (Phi) is 3.61. The third-order valence-corrected chi connectivity index (χ3v) is 2.89. The molecule has 0 bridgehead atoms. The number of aliphatic carboxylic acids is 1. The van der Waals surface area contributed by atoms with Gasteiger partial charge in [0.1, 0.15) is 6.04 Å². The molecule has 1 saturated heterocycles. The van der Waals surface area contributed by atoms with Crippen LogP contribution in [0.15, 0.2) is 10.6 Å². The van der Waals surface area contributed by atoms with E-state index in [9.17, 15) is 9.59 Å². The van der Waals surface area contributed by atoms with Gasteiger partial charge in [0.15, 0.2) is 0 Å². The first-order valence-electron chi connectivity index (χ1n) is 5.76. The van der Waals surface area contributed by atoms with E-state index >= 15 is 0 Å². The van der Waals surface area contributed by atoms with Gasteiger partial charge in [-0.25, -0.2) is 0 Å². The minimum atomic E-state index is -0.879. The standard InChI is InChI=1S/C11H15N3O4/c1-7-5-10(18-13-7)12-9(15)6-14-4-2-3-8(14)11(16)17/h5,8H,2-4,6H2,1H3,(H,12,15)(H,16,17). The Morgan fingerprint density at radius 2 is 2.44 bits per heavy atom. The van der Waals surface area contributed by atoms with E-state index in [-0.39, 0.29) is 18.3 Å². The number of nitrogens with one attached hydrogen (secondary N) is 1. The lowest BCUT2D eigenvalue weighted by atomic mass is 10.2. The van der Waals surface area contributed by atoms with Crippen LogP contribution in [-0.4, -0.2) is 46.2 Å². The van der Waals surface area contributed by atoms with Gasteiger partial charge in [-0.05, 0) is 26.3 Å². The third-order valence-electron chi connectivity index (χ3n) is 2.89. The molecule has 2 rings (SSSR count). The molecule has 2 N–H and O–H groups in total. The molecule has 0 aliphatic carbocycles. The van der Waals surface area contributed by atoms with Crippen LogP contribution in [0.25, 0.3) is 0 Å². The van der Waals surface area contributed by atoms with Crippen molar-refractivity contribution in [3.63, 3.8) is 0 Å². The Hall–Kier alpha value is -1.89. The van der Waals surface area contributed by atoms with Crippen LogP contribution >= 0.6 is 0 Å². The van der Waals surface area contributed by atoms with Crippen LogP contribution in [-0.2, 0) is 9.59 Å². The SMILES string of the molecule is Cc1cc(NC(=O)CN2CCCC2C(=O)O)on1. The Balaban J connectivity index is 1.89. The van der Waals surface area contributed by atoms with Crippen molar-refractivity contribution in [1.82, 2.24) is 10.1 Å². The largest absolute Gasteiger partial charge is 0.480 e. The number of aromatic nitrogens is 1. The maximum Gasteiger partial charge on any atom is 0.320 e. The molecular formula is C11H15N3O4. The highest BCUT2D eigenvalue weighted by atomic mass is 16.5. The maximum absolute atomic E-state index is 11.7. The number of rotatable bonds is 4. The van der Waals surface area contributed by atoms with Gasteiger partial charge < -0.3 is 9.63 Å². The highest BCUT2D eigenvalue weighted by Crippen LogP contribution is 2.17. The van der Waals surface area contributed by atoms with Crippen molar-refractivity contribution in [2.24, 2.45) is 0 Å². The highest BCUT2D eigenvalue weighted by Gasteiger charge is 2.31. The summed E-state index contributed by atoms with van der Waals surface area (Å²) in [7, 11) is 0. The van der Waals surface area contributed by atoms with Crippen molar-refractivity contribution in [1.29, 1.82) is 0 Å². The molecule has 2 heterocycles. The number of nitrogens with zero attached hydrogens (tertiary/aromatic N) is 2. The van der Waals surface area contributed by atoms with Gasteiger partial charge in [-0.1, -0.05) is 5.16 Å². The molecule has 0 spiro atoms. The van der Waals surface area contributed by atoms with Gasteiger partial charge in [-0.3, -0.25) is 19.8 Å². The summed E-state index contributed by atoms with van der Waals surface area (Å²) in [6.07, 6.45) is 1.38. The van der Waals surface area contributed by atoms with Crippen LogP contribution in [0.5, 0.6) is 0 Å². The summed E-state index contributed by atoms with van der Waals surface area (Å²) in [5.41, 5.74) is 0.676. The summed E-state index contributed by atoms with van der Waals surface area (Å²) in [4.78, 5) is 24.3. The fourth-order valence-corrected chi connectivity index (χ4v) is 2.08. The van der Waals surface area contributed by atoms with Gasteiger partial charge in [-0.15, -0.1) is 0 Å². The molecule has 1 aromatic heterocycles. The smallest absolute Gasteiger partial charge is 0.320 e. The summed E-state index contributed by atoms with van der Waals surface area (Å²) in [6.45, 7) is 2.43. The van der Waals surface area contributed by atoms with Crippen molar-refractivity contribution in [3.8, 4) is 0 Å². The maximum atomic E-state index is 11.7. The first-order valence-corrected chi connectivity index (χ1v) is 5.76. The lowest BCUT2D eigenvalue weighted by molar-refractivity contribution is -0.142. The van der Waals surface area contributed by atoms with E-state index in [0.717, 1.165) is 6.42 Å². The van der Waals surface area contributed by atoms with Crippen LogP contribution in [0.4, 0.5) is 5.88 Å². The zero-order valence-corrected chi connectivity index (χ0v) is 10.0. The van der Waals surface area contributed by atoms with Crippen LogP contribution in [0.1, 0.15) is 18.5 Å². The van der Waals surface area contributed by atoms with E-state index < -0.39 is 12.0 Å². The zero-order valence-electron chi connectivity index (χ0n) is 10.0. The Bertz CT molecular complexity index is 457. The molecule has 0 saturated carbocycles. The average Bonchev–Trinajstić information content (AvgIpc) is 2.87. The van der Waals surface area contributed by atoms with E-state index in [1.54, 1.807) is 17.9 Å². The second kappa shape index (κ2) is 5.18. The number of aryl methyl sites for hydroxylation is 1. The number of carbonyl (C=O) groups is 2. The molecule has 1 atom stereocenters. The molecular weight excluding hydrogens is 238 g/mol. The average molecular weight is 253 g/mol.